The van der Waals surface area contributed by atoms with Gasteiger partial charge in [-0.1, -0.05) is 35.9 Å². The van der Waals surface area contributed by atoms with Gasteiger partial charge < -0.3 is 5.73 Å². The predicted molar refractivity (Wildman–Crippen MR) is 89.4 cm³/mol. The molecule has 0 radical (unpaired) electrons. The Morgan fingerprint density at radius 3 is 2.50 bits per heavy atom. The molecule has 1 unspecified atom stereocenters. The molecule has 1 atom stereocenters. The van der Waals surface area contributed by atoms with E-state index in [4.69, 9.17) is 17.3 Å². The Morgan fingerprint density at radius 1 is 1.15 bits per heavy atom. The first-order valence-electron chi connectivity index (χ1n) is 6.36. The Morgan fingerprint density at radius 2 is 1.85 bits per heavy atom. The lowest BCUT2D eigenvalue weighted by Gasteiger charge is -2.25. The lowest BCUT2D eigenvalue weighted by molar-refractivity contribution is 0.253. The fourth-order valence-electron chi connectivity index (χ4n) is 2.14. The summed E-state index contributed by atoms with van der Waals surface area (Å²) in [5, 5.41) is 0.779. The summed E-state index contributed by atoms with van der Waals surface area (Å²) in [5.41, 5.74) is 9.05. The number of halogens is 2. The minimum atomic E-state index is 0. The minimum absolute atomic E-state index is 0. The molecule has 0 aliphatic carbocycles. The fourth-order valence-corrected chi connectivity index (χ4v) is 2.34. The Kier molecular flexibility index (Phi) is 6.34. The Bertz CT molecular complexity index is 558. The number of nitrogens with zero attached hydrogens (tertiary/aromatic N) is 1. The number of nitrogen functional groups attached to an aromatic ring is 1. The van der Waals surface area contributed by atoms with Crippen LogP contribution in [0.15, 0.2) is 48.5 Å². The molecule has 0 bridgehead atoms. The summed E-state index contributed by atoms with van der Waals surface area (Å²) in [7, 11) is 2.11. The van der Waals surface area contributed by atoms with Gasteiger partial charge in [0.2, 0.25) is 0 Å². The van der Waals surface area contributed by atoms with Gasteiger partial charge in [-0.25, -0.2) is 0 Å². The van der Waals surface area contributed by atoms with Gasteiger partial charge in [0.1, 0.15) is 0 Å². The maximum absolute atomic E-state index is 6.04. The van der Waals surface area contributed by atoms with E-state index in [-0.39, 0.29) is 12.4 Å². The van der Waals surface area contributed by atoms with E-state index in [1.54, 1.807) is 0 Å². The summed E-state index contributed by atoms with van der Waals surface area (Å²) < 4.78 is 0. The van der Waals surface area contributed by atoms with Crippen molar-refractivity contribution in [2.45, 2.75) is 19.5 Å². The average molecular weight is 311 g/mol. The number of hydrogen-bond donors (Lipinski definition) is 1. The molecule has 0 saturated carbocycles. The van der Waals surface area contributed by atoms with Crippen molar-refractivity contribution in [1.29, 1.82) is 0 Å². The molecule has 0 fully saturated rings. The van der Waals surface area contributed by atoms with Gasteiger partial charge in [-0.15, -0.1) is 12.4 Å². The van der Waals surface area contributed by atoms with Crippen LogP contribution in [0, 0.1) is 0 Å². The summed E-state index contributed by atoms with van der Waals surface area (Å²) in [4.78, 5) is 2.28. The van der Waals surface area contributed by atoms with Crippen LogP contribution in [0.3, 0.4) is 0 Å². The lowest BCUT2D eigenvalue weighted by atomic mass is 10.1. The second-order valence-electron chi connectivity index (χ2n) is 4.89. The van der Waals surface area contributed by atoms with Crippen molar-refractivity contribution >= 4 is 29.7 Å². The molecule has 2 rings (SSSR count). The summed E-state index contributed by atoms with van der Waals surface area (Å²) >= 11 is 6.04. The van der Waals surface area contributed by atoms with E-state index in [1.165, 1.54) is 11.1 Å². The van der Waals surface area contributed by atoms with Crippen LogP contribution in [0.1, 0.15) is 24.1 Å². The number of hydrogen-bond acceptors (Lipinski definition) is 2. The fraction of sp³-hybridized carbons (Fsp3) is 0.250. The molecule has 0 spiro atoms. The zero-order valence-corrected chi connectivity index (χ0v) is 13.3. The molecule has 0 aliphatic heterocycles. The largest absolute Gasteiger partial charge is 0.399 e. The first-order valence-corrected chi connectivity index (χ1v) is 6.74. The van der Waals surface area contributed by atoms with Crippen LogP contribution in [0.5, 0.6) is 0 Å². The summed E-state index contributed by atoms with van der Waals surface area (Å²) in [6.45, 7) is 3.04. The van der Waals surface area contributed by atoms with Crippen LogP contribution < -0.4 is 5.73 Å². The third-order valence-electron chi connectivity index (χ3n) is 3.38. The van der Waals surface area contributed by atoms with Gasteiger partial charge in [-0.3, -0.25) is 4.90 Å². The van der Waals surface area contributed by atoms with Crippen LogP contribution >= 0.6 is 24.0 Å². The van der Waals surface area contributed by atoms with E-state index >= 15 is 0 Å². The van der Waals surface area contributed by atoms with Crippen LogP contribution in [0.2, 0.25) is 5.02 Å². The molecular weight excluding hydrogens is 291 g/mol. The standard InChI is InChI=1S/C16H19ClN2.ClH/c1-12(14-6-4-7-15(17)10-14)19(2)11-13-5-3-8-16(18)9-13;/h3-10,12H,11,18H2,1-2H3;1H. The highest BCUT2D eigenvalue weighted by Gasteiger charge is 2.12. The Hall–Kier alpha value is -1.22. The van der Waals surface area contributed by atoms with Crippen molar-refractivity contribution in [3.05, 3.63) is 64.7 Å². The maximum atomic E-state index is 6.04. The molecule has 4 heteroatoms. The summed E-state index contributed by atoms with van der Waals surface area (Å²) in [5.74, 6) is 0. The van der Waals surface area contributed by atoms with Gasteiger partial charge in [0.25, 0.3) is 0 Å². The third kappa shape index (κ3) is 4.41. The Balaban J connectivity index is 0.00000200. The Labute approximate surface area is 132 Å². The second kappa shape index (κ2) is 7.53. The SMILES string of the molecule is CC(c1cccc(Cl)c1)N(C)Cc1cccc(N)c1.Cl. The molecule has 0 amide bonds. The number of benzene rings is 2. The summed E-state index contributed by atoms with van der Waals surface area (Å²) in [6.07, 6.45) is 0. The molecule has 0 aliphatic rings. The number of anilines is 1. The molecule has 2 nitrogen and oxygen atoms in total. The molecule has 108 valence electrons. The number of nitrogens with two attached hydrogens (primary N) is 1. The smallest absolute Gasteiger partial charge is 0.0409 e. The van der Waals surface area contributed by atoms with Crippen LogP contribution in [0.25, 0.3) is 0 Å². The van der Waals surface area contributed by atoms with Crippen LogP contribution in [-0.4, -0.2) is 11.9 Å². The van der Waals surface area contributed by atoms with Crippen molar-refractivity contribution in [3.63, 3.8) is 0 Å². The van der Waals surface area contributed by atoms with Crippen molar-refractivity contribution in [3.8, 4) is 0 Å². The van der Waals surface area contributed by atoms with E-state index in [0.29, 0.717) is 6.04 Å². The molecule has 2 aromatic carbocycles. The topological polar surface area (TPSA) is 29.3 Å². The van der Waals surface area contributed by atoms with E-state index < -0.39 is 0 Å². The third-order valence-corrected chi connectivity index (χ3v) is 3.61. The zero-order valence-electron chi connectivity index (χ0n) is 11.7. The van der Waals surface area contributed by atoms with Gasteiger partial charge in [0.15, 0.2) is 0 Å². The highest BCUT2D eigenvalue weighted by Crippen LogP contribution is 2.23. The number of rotatable bonds is 4. The molecule has 2 N–H and O–H groups in total. The van der Waals surface area contributed by atoms with Gasteiger partial charge in [0, 0.05) is 23.3 Å². The van der Waals surface area contributed by atoms with Crippen molar-refractivity contribution < 1.29 is 0 Å². The second-order valence-corrected chi connectivity index (χ2v) is 5.33. The van der Waals surface area contributed by atoms with Gasteiger partial charge in [-0.2, -0.15) is 0 Å². The molecule has 20 heavy (non-hydrogen) atoms. The first-order chi connectivity index (χ1) is 9.06. The van der Waals surface area contributed by atoms with Crippen molar-refractivity contribution in [2.75, 3.05) is 12.8 Å². The van der Waals surface area contributed by atoms with Gasteiger partial charge in [-0.05, 0) is 49.4 Å². The lowest BCUT2D eigenvalue weighted by Crippen LogP contribution is -2.21. The van der Waals surface area contributed by atoms with E-state index in [2.05, 4.69) is 31.0 Å². The van der Waals surface area contributed by atoms with Gasteiger partial charge >= 0.3 is 0 Å². The zero-order chi connectivity index (χ0) is 13.8. The molecule has 0 aromatic heterocycles. The average Bonchev–Trinajstić information content (AvgIpc) is 2.38. The van der Waals surface area contributed by atoms with E-state index in [1.807, 2.05) is 36.4 Å². The van der Waals surface area contributed by atoms with Crippen LogP contribution in [0.4, 0.5) is 5.69 Å². The monoisotopic (exact) mass is 310 g/mol. The highest BCUT2D eigenvalue weighted by atomic mass is 35.5. The maximum Gasteiger partial charge on any atom is 0.0409 e. The molecule has 2 aromatic rings. The predicted octanol–water partition coefficient (Wildman–Crippen LogP) is 4.54. The normalized spacial score (nSPS) is 12.0. The molecular formula is C16H20Cl2N2. The van der Waals surface area contributed by atoms with Crippen molar-refractivity contribution in [2.24, 2.45) is 0 Å². The molecule has 0 saturated heterocycles. The molecule has 0 heterocycles. The first kappa shape index (κ1) is 16.8. The van der Waals surface area contributed by atoms with E-state index in [9.17, 15) is 0 Å². The summed E-state index contributed by atoms with van der Waals surface area (Å²) in [6, 6.07) is 16.3. The van der Waals surface area contributed by atoms with Gasteiger partial charge in [0.05, 0.1) is 0 Å². The van der Waals surface area contributed by atoms with E-state index in [0.717, 1.165) is 17.3 Å². The quantitative estimate of drug-likeness (QED) is 0.840. The van der Waals surface area contributed by atoms with Crippen LogP contribution in [-0.2, 0) is 6.54 Å². The minimum Gasteiger partial charge on any atom is -0.399 e. The van der Waals surface area contributed by atoms with Crippen molar-refractivity contribution in [1.82, 2.24) is 4.90 Å². The highest BCUT2D eigenvalue weighted by molar-refractivity contribution is 6.30.